The molecule has 1 saturated heterocycles. The van der Waals surface area contributed by atoms with Crippen LogP contribution in [-0.2, 0) is 0 Å². The van der Waals surface area contributed by atoms with Gasteiger partial charge in [-0.15, -0.1) is 0 Å². The molecule has 1 atom stereocenters. The Hall–Kier alpha value is -0.900. The number of likely N-dealkylation sites (tertiary alicyclic amines) is 1. The number of ketones is 1. The van der Waals surface area contributed by atoms with E-state index in [0.717, 1.165) is 25.2 Å². The number of carbonyl (C=O) groups is 1. The Kier molecular flexibility index (Phi) is 5.58. The van der Waals surface area contributed by atoms with Crippen molar-refractivity contribution in [3.05, 3.63) is 34.9 Å². The zero-order valence-corrected chi connectivity index (χ0v) is 13.1. The van der Waals surface area contributed by atoms with Crippen LogP contribution in [0.4, 0.5) is 0 Å². The molecule has 1 aromatic rings. The maximum Gasteiger partial charge on any atom is 0.164 e. The van der Waals surface area contributed by atoms with Gasteiger partial charge < -0.3 is 9.80 Å². The molecule has 1 aliphatic heterocycles. The van der Waals surface area contributed by atoms with Crippen LogP contribution in [0.25, 0.3) is 0 Å². The summed E-state index contributed by atoms with van der Waals surface area (Å²) in [4.78, 5) is 16.8. The van der Waals surface area contributed by atoms with E-state index in [9.17, 15) is 4.79 Å². The van der Waals surface area contributed by atoms with Crippen molar-refractivity contribution in [1.29, 1.82) is 0 Å². The fraction of sp³-hybridized carbons (Fsp3) is 0.562. The fourth-order valence-electron chi connectivity index (χ4n) is 2.70. The first-order chi connectivity index (χ1) is 9.56. The first-order valence-corrected chi connectivity index (χ1v) is 7.61. The van der Waals surface area contributed by atoms with Crippen molar-refractivity contribution in [2.24, 2.45) is 0 Å². The zero-order valence-electron chi connectivity index (χ0n) is 12.3. The molecule has 1 fully saturated rings. The van der Waals surface area contributed by atoms with Gasteiger partial charge in [-0.1, -0.05) is 11.6 Å². The maximum absolute atomic E-state index is 12.1. The number of likely N-dealkylation sites (N-methyl/N-ethyl adjacent to an activating group) is 1. The smallest absolute Gasteiger partial charge is 0.164 e. The molecule has 4 heteroatoms. The third-order valence-corrected chi connectivity index (χ3v) is 4.28. The van der Waals surface area contributed by atoms with Crippen LogP contribution in [0.15, 0.2) is 24.3 Å². The van der Waals surface area contributed by atoms with Gasteiger partial charge in [-0.25, -0.2) is 0 Å². The number of rotatable bonds is 5. The number of hydrogen-bond donors (Lipinski definition) is 0. The third kappa shape index (κ3) is 4.30. The lowest BCUT2D eigenvalue weighted by Gasteiger charge is -2.36. The molecule has 20 heavy (non-hydrogen) atoms. The summed E-state index contributed by atoms with van der Waals surface area (Å²) in [6, 6.07) is 7.79. The van der Waals surface area contributed by atoms with E-state index in [1.54, 1.807) is 12.1 Å². The minimum atomic E-state index is 0.202. The molecule has 110 valence electrons. The van der Waals surface area contributed by atoms with E-state index in [2.05, 4.69) is 23.9 Å². The lowest BCUT2D eigenvalue weighted by atomic mass is 10.0. The van der Waals surface area contributed by atoms with Gasteiger partial charge in [0.1, 0.15) is 0 Å². The average Bonchev–Trinajstić information content (AvgIpc) is 2.46. The monoisotopic (exact) mass is 294 g/mol. The number of halogens is 1. The SMILES string of the molecule is CN(C)C1CCCN(CCC(=O)c2ccc(Cl)cc2)C1. The van der Waals surface area contributed by atoms with Crippen molar-refractivity contribution in [2.45, 2.75) is 25.3 Å². The minimum Gasteiger partial charge on any atom is -0.305 e. The van der Waals surface area contributed by atoms with Gasteiger partial charge in [0.2, 0.25) is 0 Å². The van der Waals surface area contributed by atoms with Crippen LogP contribution in [0.5, 0.6) is 0 Å². The van der Waals surface area contributed by atoms with Crippen molar-refractivity contribution in [1.82, 2.24) is 9.80 Å². The summed E-state index contributed by atoms with van der Waals surface area (Å²) in [7, 11) is 4.26. The van der Waals surface area contributed by atoms with E-state index in [-0.39, 0.29) is 5.78 Å². The Balaban J connectivity index is 1.82. The van der Waals surface area contributed by atoms with Gasteiger partial charge >= 0.3 is 0 Å². The van der Waals surface area contributed by atoms with Crippen LogP contribution in [-0.4, -0.2) is 55.4 Å². The number of carbonyl (C=O) groups excluding carboxylic acids is 1. The molecular weight excluding hydrogens is 272 g/mol. The largest absolute Gasteiger partial charge is 0.305 e. The standard InChI is InChI=1S/C16H23ClN2O/c1-18(2)15-4-3-10-19(12-15)11-9-16(20)13-5-7-14(17)8-6-13/h5-8,15H,3-4,9-12H2,1-2H3. The van der Waals surface area contributed by atoms with E-state index >= 15 is 0 Å². The van der Waals surface area contributed by atoms with Gasteiger partial charge in [0.15, 0.2) is 5.78 Å². The number of piperidine rings is 1. The van der Waals surface area contributed by atoms with Crippen molar-refractivity contribution < 1.29 is 4.79 Å². The molecule has 0 spiro atoms. The highest BCUT2D eigenvalue weighted by molar-refractivity contribution is 6.30. The highest BCUT2D eigenvalue weighted by Gasteiger charge is 2.21. The van der Waals surface area contributed by atoms with Crippen LogP contribution >= 0.6 is 11.6 Å². The molecule has 0 radical (unpaired) electrons. The number of Topliss-reactive ketones (excluding diaryl/α,β-unsaturated/α-hetero) is 1. The van der Waals surface area contributed by atoms with Crippen LogP contribution in [0.3, 0.4) is 0 Å². The maximum atomic E-state index is 12.1. The first kappa shape index (κ1) is 15.5. The second kappa shape index (κ2) is 7.21. The topological polar surface area (TPSA) is 23.6 Å². The molecule has 0 saturated carbocycles. The van der Waals surface area contributed by atoms with Crippen molar-refractivity contribution in [2.75, 3.05) is 33.7 Å². The molecule has 2 rings (SSSR count). The van der Waals surface area contributed by atoms with Crippen molar-refractivity contribution in [3.63, 3.8) is 0 Å². The Morgan fingerprint density at radius 3 is 2.70 bits per heavy atom. The second-order valence-electron chi connectivity index (χ2n) is 5.74. The number of nitrogens with zero attached hydrogens (tertiary/aromatic N) is 2. The Morgan fingerprint density at radius 1 is 1.35 bits per heavy atom. The molecule has 0 N–H and O–H groups in total. The first-order valence-electron chi connectivity index (χ1n) is 7.24. The fourth-order valence-corrected chi connectivity index (χ4v) is 2.82. The molecule has 1 unspecified atom stereocenters. The van der Waals surface area contributed by atoms with Crippen LogP contribution in [0.1, 0.15) is 29.6 Å². The number of benzene rings is 1. The zero-order chi connectivity index (χ0) is 14.5. The summed E-state index contributed by atoms with van der Waals surface area (Å²) < 4.78 is 0. The van der Waals surface area contributed by atoms with Gasteiger partial charge in [-0.2, -0.15) is 0 Å². The van der Waals surface area contributed by atoms with Crippen LogP contribution in [0, 0.1) is 0 Å². The molecular formula is C16H23ClN2O. The van der Waals surface area contributed by atoms with E-state index < -0.39 is 0 Å². The highest BCUT2D eigenvalue weighted by Crippen LogP contribution is 2.15. The van der Waals surface area contributed by atoms with E-state index in [0.29, 0.717) is 17.5 Å². The van der Waals surface area contributed by atoms with E-state index in [1.165, 1.54) is 12.8 Å². The summed E-state index contributed by atoms with van der Waals surface area (Å²) in [5.41, 5.74) is 0.760. The average molecular weight is 295 g/mol. The minimum absolute atomic E-state index is 0.202. The molecule has 0 amide bonds. The summed E-state index contributed by atoms with van der Waals surface area (Å²) in [6.45, 7) is 3.03. The third-order valence-electron chi connectivity index (χ3n) is 4.03. The molecule has 0 aromatic heterocycles. The second-order valence-corrected chi connectivity index (χ2v) is 6.18. The summed E-state index contributed by atoms with van der Waals surface area (Å²) in [5, 5.41) is 0.673. The summed E-state index contributed by atoms with van der Waals surface area (Å²) in [5.74, 6) is 0.202. The van der Waals surface area contributed by atoms with Gasteiger partial charge in [-0.05, 0) is 57.7 Å². The van der Waals surface area contributed by atoms with Crippen molar-refractivity contribution in [3.8, 4) is 0 Å². The summed E-state index contributed by atoms with van der Waals surface area (Å²) >= 11 is 5.84. The van der Waals surface area contributed by atoms with Gasteiger partial charge in [0, 0.05) is 36.1 Å². The van der Waals surface area contributed by atoms with E-state index in [4.69, 9.17) is 11.6 Å². The van der Waals surface area contributed by atoms with Crippen molar-refractivity contribution >= 4 is 17.4 Å². The lowest BCUT2D eigenvalue weighted by Crippen LogP contribution is -2.45. The molecule has 0 aliphatic carbocycles. The Morgan fingerprint density at radius 2 is 2.05 bits per heavy atom. The number of hydrogen-bond acceptors (Lipinski definition) is 3. The predicted octanol–water partition coefficient (Wildman–Crippen LogP) is 2.94. The molecule has 1 aliphatic rings. The van der Waals surface area contributed by atoms with E-state index in [1.807, 2.05) is 12.1 Å². The highest BCUT2D eigenvalue weighted by atomic mass is 35.5. The van der Waals surface area contributed by atoms with Crippen LogP contribution in [0.2, 0.25) is 5.02 Å². The van der Waals surface area contributed by atoms with Gasteiger partial charge in [-0.3, -0.25) is 4.79 Å². The van der Waals surface area contributed by atoms with Crippen LogP contribution < -0.4 is 0 Å². The Labute approximate surface area is 126 Å². The van der Waals surface area contributed by atoms with Gasteiger partial charge in [0.05, 0.1) is 0 Å². The summed E-state index contributed by atoms with van der Waals surface area (Å²) in [6.07, 6.45) is 3.06. The normalized spacial score (nSPS) is 20.3. The molecule has 3 nitrogen and oxygen atoms in total. The lowest BCUT2D eigenvalue weighted by molar-refractivity contribution is 0.0928. The quantitative estimate of drug-likeness (QED) is 0.780. The molecule has 1 heterocycles. The van der Waals surface area contributed by atoms with Gasteiger partial charge in [0.25, 0.3) is 0 Å². The molecule has 0 bridgehead atoms. The predicted molar refractivity (Wildman–Crippen MR) is 83.5 cm³/mol. The molecule has 1 aromatic carbocycles. The Bertz CT molecular complexity index is 444.